The molecule has 12 heteroatoms. The van der Waals surface area contributed by atoms with Gasteiger partial charge in [0.15, 0.2) is 0 Å². The second-order valence-corrected chi connectivity index (χ2v) is 8.86. The number of benzene rings is 2. The molecule has 0 aromatic heterocycles. The maximum Gasteiger partial charge on any atom is 0.271 e. The smallest absolute Gasteiger partial charge is 0.271 e. The number of anilines is 1. The molecule has 0 aliphatic rings. The Kier molecular flexibility index (Phi) is 7.87. The van der Waals surface area contributed by atoms with Crippen molar-refractivity contribution < 1.29 is 27.3 Å². The number of nitro benzene ring substituents is 1. The largest absolute Gasteiger partial charge is 0.357 e. The predicted octanol–water partition coefficient (Wildman–Crippen LogP) is 1.66. The molecule has 0 saturated heterocycles. The number of hydrogen-bond donors (Lipinski definition) is 1. The van der Waals surface area contributed by atoms with Gasteiger partial charge in [-0.1, -0.05) is 24.3 Å². The number of nitrogens with one attached hydrogen (secondary N) is 1. The van der Waals surface area contributed by atoms with E-state index in [2.05, 4.69) is 5.32 Å². The van der Waals surface area contributed by atoms with E-state index in [1.54, 1.807) is 6.07 Å². The van der Waals surface area contributed by atoms with Crippen molar-refractivity contribution >= 4 is 33.2 Å². The van der Waals surface area contributed by atoms with E-state index in [4.69, 9.17) is 0 Å². The van der Waals surface area contributed by atoms with Crippen LogP contribution in [0.25, 0.3) is 0 Å². The molecule has 10 nitrogen and oxygen atoms in total. The quantitative estimate of drug-likeness (QED) is 0.442. The van der Waals surface area contributed by atoms with Gasteiger partial charge < -0.3 is 10.2 Å². The van der Waals surface area contributed by atoms with E-state index < -0.39 is 45.2 Å². The zero-order chi connectivity index (χ0) is 24.1. The highest BCUT2D eigenvalue weighted by molar-refractivity contribution is 7.92. The Morgan fingerprint density at radius 3 is 2.41 bits per heavy atom. The van der Waals surface area contributed by atoms with Crippen molar-refractivity contribution in [3.05, 3.63) is 70.0 Å². The van der Waals surface area contributed by atoms with Crippen molar-refractivity contribution in [1.29, 1.82) is 0 Å². The Labute approximate surface area is 184 Å². The third-order valence-electron chi connectivity index (χ3n) is 4.72. The number of halogens is 1. The number of sulfonamides is 1. The van der Waals surface area contributed by atoms with Gasteiger partial charge >= 0.3 is 0 Å². The van der Waals surface area contributed by atoms with Crippen molar-refractivity contribution in [2.75, 3.05) is 24.2 Å². The minimum atomic E-state index is -4.03. The molecule has 1 N–H and O–H groups in total. The Bertz CT molecular complexity index is 1120. The maximum atomic E-state index is 14.2. The molecule has 0 saturated carbocycles. The summed E-state index contributed by atoms with van der Waals surface area (Å²) in [6.45, 7) is 0.401. The van der Waals surface area contributed by atoms with E-state index in [0.29, 0.717) is 4.31 Å². The van der Waals surface area contributed by atoms with Crippen LogP contribution in [-0.4, -0.2) is 55.9 Å². The summed E-state index contributed by atoms with van der Waals surface area (Å²) in [5.74, 6) is -1.91. The van der Waals surface area contributed by atoms with Crippen LogP contribution in [0.3, 0.4) is 0 Å². The minimum absolute atomic E-state index is 0.0894. The van der Waals surface area contributed by atoms with E-state index in [0.717, 1.165) is 17.2 Å². The Balaban J connectivity index is 2.43. The highest BCUT2D eigenvalue weighted by Crippen LogP contribution is 2.24. The first kappa shape index (κ1) is 24.7. The molecule has 0 aliphatic carbocycles. The lowest BCUT2D eigenvalue weighted by Gasteiger charge is -2.31. The van der Waals surface area contributed by atoms with E-state index in [-0.39, 0.29) is 23.5 Å². The molecule has 2 rings (SSSR count). The molecule has 0 aliphatic heterocycles. The summed E-state index contributed by atoms with van der Waals surface area (Å²) in [6, 6.07) is 9.46. The highest BCUT2D eigenvalue weighted by atomic mass is 32.2. The summed E-state index contributed by atoms with van der Waals surface area (Å²) in [6.07, 6.45) is 0.850. The number of amides is 2. The topological polar surface area (TPSA) is 130 Å². The van der Waals surface area contributed by atoms with Crippen molar-refractivity contribution in [1.82, 2.24) is 10.2 Å². The lowest BCUT2D eigenvalue weighted by Crippen LogP contribution is -2.50. The first-order valence-electron chi connectivity index (χ1n) is 9.42. The molecule has 0 spiro atoms. The molecule has 32 heavy (non-hydrogen) atoms. The van der Waals surface area contributed by atoms with Gasteiger partial charge in [-0.05, 0) is 19.1 Å². The van der Waals surface area contributed by atoms with Gasteiger partial charge in [0.05, 0.1) is 16.9 Å². The average Bonchev–Trinajstić information content (AvgIpc) is 2.74. The van der Waals surface area contributed by atoms with Crippen LogP contribution in [0.15, 0.2) is 48.5 Å². The number of nitro groups is 1. The van der Waals surface area contributed by atoms with Crippen LogP contribution in [-0.2, 0) is 26.2 Å². The monoisotopic (exact) mass is 466 g/mol. The number of carbonyl (C=O) groups is 2. The Hall–Kier alpha value is -3.54. The molecule has 172 valence electrons. The minimum Gasteiger partial charge on any atom is -0.357 e. The molecule has 2 aromatic carbocycles. The van der Waals surface area contributed by atoms with Crippen molar-refractivity contribution in [3.63, 3.8) is 0 Å². The van der Waals surface area contributed by atoms with Gasteiger partial charge in [0.1, 0.15) is 18.4 Å². The van der Waals surface area contributed by atoms with E-state index >= 15 is 0 Å². The Morgan fingerprint density at radius 2 is 1.84 bits per heavy atom. The van der Waals surface area contributed by atoms with Crippen molar-refractivity contribution in [3.8, 4) is 0 Å². The second-order valence-electron chi connectivity index (χ2n) is 6.95. The van der Waals surface area contributed by atoms with E-state index in [1.807, 2.05) is 0 Å². The average molecular weight is 466 g/mol. The van der Waals surface area contributed by atoms with Crippen LogP contribution in [0.4, 0.5) is 15.8 Å². The number of carbonyl (C=O) groups excluding carboxylic acids is 2. The summed E-state index contributed by atoms with van der Waals surface area (Å²) in [4.78, 5) is 36.8. The number of hydrogen-bond acceptors (Lipinski definition) is 6. The van der Waals surface area contributed by atoms with Crippen molar-refractivity contribution in [2.24, 2.45) is 0 Å². The Morgan fingerprint density at radius 1 is 1.19 bits per heavy atom. The summed E-state index contributed by atoms with van der Waals surface area (Å²) < 4.78 is 39.7. The number of likely N-dealkylation sites (N-methyl/N-ethyl adjacent to an activating group) is 1. The van der Waals surface area contributed by atoms with Crippen LogP contribution in [0.1, 0.15) is 12.5 Å². The van der Waals surface area contributed by atoms with Crippen molar-refractivity contribution in [2.45, 2.75) is 19.5 Å². The molecule has 1 atom stereocenters. The van der Waals surface area contributed by atoms with Crippen LogP contribution >= 0.6 is 0 Å². The zero-order valence-corrected chi connectivity index (χ0v) is 18.5. The molecule has 0 unspecified atom stereocenters. The molecule has 0 fully saturated rings. The lowest BCUT2D eigenvalue weighted by atomic mass is 10.1. The second kappa shape index (κ2) is 10.2. The van der Waals surface area contributed by atoms with Gasteiger partial charge in [0, 0.05) is 31.3 Å². The maximum absolute atomic E-state index is 14.2. The van der Waals surface area contributed by atoms with Crippen LogP contribution < -0.4 is 9.62 Å². The third-order valence-corrected chi connectivity index (χ3v) is 5.86. The summed E-state index contributed by atoms with van der Waals surface area (Å²) in [7, 11) is -2.66. The predicted molar refractivity (Wildman–Crippen MR) is 116 cm³/mol. The van der Waals surface area contributed by atoms with Crippen LogP contribution in [0.5, 0.6) is 0 Å². The number of rotatable bonds is 9. The third kappa shape index (κ3) is 6.00. The first-order valence-corrected chi connectivity index (χ1v) is 11.3. The molecule has 0 bridgehead atoms. The fourth-order valence-electron chi connectivity index (χ4n) is 2.98. The summed E-state index contributed by atoms with van der Waals surface area (Å²) in [5, 5.41) is 13.5. The molecule has 0 heterocycles. The van der Waals surface area contributed by atoms with Gasteiger partial charge in [-0.3, -0.25) is 24.0 Å². The van der Waals surface area contributed by atoms with Crippen LogP contribution in [0, 0.1) is 15.9 Å². The van der Waals surface area contributed by atoms with Gasteiger partial charge in [-0.15, -0.1) is 0 Å². The molecule has 2 amide bonds. The van der Waals surface area contributed by atoms with Gasteiger partial charge in [-0.25, -0.2) is 12.8 Å². The molecular formula is C20H23FN4O6S. The first-order chi connectivity index (χ1) is 15.0. The number of nitrogens with zero attached hydrogens (tertiary/aromatic N) is 3. The lowest BCUT2D eigenvalue weighted by molar-refractivity contribution is -0.384. The standard InChI is InChI=1S/C20H23FN4O6S/c1-14(20(27)22-2)23(12-15-7-4-5-10-18(15)21)19(26)13-24(32(3,30)31)16-8-6-9-17(11-16)25(28)29/h4-11,14H,12-13H2,1-3H3,(H,22,27)/t14-/m1/s1. The van der Waals surface area contributed by atoms with Gasteiger partial charge in [0.2, 0.25) is 21.8 Å². The highest BCUT2D eigenvalue weighted by Gasteiger charge is 2.30. The van der Waals surface area contributed by atoms with Gasteiger partial charge in [0.25, 0.3) is 5.69 Å². The fourth-order valence-corrected chi connectivity index (χ4v) is 3.82. The molecule has 2 aromatic rings. The fraction of sp³-hybridized carbons (Fsp3) is 0.300. The summed E-state index contributed by atoms with van der Waals surface area (Å²) in [5.41, 5.74) is -0.308. The molecular weight excluding hydrogens is 443 g/mol. The summed E-state index contributed by atoms with van der Waals surface area (Å²) >= 11 is 0. The normalized spacial score (nSPS) is 12.0. The van der Waals surface area contributed by atoms with E-state index in [9.17, 15) is 32.5 Å². The van der Waals surface area contributed by atoms with Crippen LogP contribution in [0.2, 0.25) is 0 Å². The number of non-ortho nitro benzene ring substituents is 1. The molecule has 0 radical (unpaired) electrons. The van der Waals surface area contributed by atoms with Gasteiger partial charge in [-0.2, -0.15) is 0 Å². The zero-order valence-electron chi connectivity index (χ0n) is 17.7. The SMILES string of the molecule is CNC(=O)[C@@H](C)N(Cc1ccccc1F)C(=O)CN(c1cccc([N+](=O)[O-])c1)S(C)(=O)=O. The van der Waals surface area contributed by atoms with E-state index in [1.165, 1.54) is 50.4 Å².